The van der Waals surface area contributed by atoms with Gasteiger partial charge in [-0.2, -0.15) is 0 Å². The van der Waals surface area contributed by atoms with Crippen molar-refractivity contribution in [3.8, 4) is 0 Å². The predicted molar refractivity (Wildman–Crippen MR) is 108 cm³/mol. The number of para-hydroxylation sites is 1. The van der Waals surface area contributed by atoms with Gasteiger partial charge >= 0.3 is 6.03 Å². The molecule has 3 aromatic carbocycles. The zero-order chi connectivity index (χ0) is 19.8. The molecular weight excluding hydrogens is 357 g/mol. The first-order chi connectivity index (χ1) is 13.6. The second-order valence-corrected chi connectivity index (χ2v) is 6.12. The van der Waals surface area contributed by atoms with E-state index >= 15 is 0 Å². The first kappa shape index (κ1) is 19.1. The van der Waals surface area contributed by atoms with Crippen molar-refractivity contribution in [1.82, 2.24) is 5.32 Å². The molecule has 0 saturated carbocycles. The monoisotopic (exact) mass is 377 g/mol. The van der Waals surface area contributed by atoms with Gasteiger partial charge < -0.3 is 16.0 Å². The molecule has 0 aliphatic carbocycles. The summed E-state index contributed by atoms with van der Waals surface area (Å²) < 4.78 is 13.6. The third-order valence-corrected chi connectivity index (χ3v) is 4.07. The van der Waals surface area contributed by atoms with Crippen LogP contribution in [0.1, 0.15) is 15.9 Å². The topological polar surface area (TPSA) is 70.2 Å². The van der Waals surface area contributed by atoms with Crippen LogP contribution in [0, 0.1) is 5.82 Å². The molecule has 0 heterocycles. The van der Waals surface area contributed by atoms with Crippen molar-refractivity contribution < 1.29 is 14.0 Å². The molecule has 0 aromatic heterocycles. The number of urea groups is 1. The third kappa shape index (κ3) is 5.41. The number of rotatable bonds is 6. The Labute approximate surface area is 162 Å². The van der Waals surface area contributed by atoms with Gasteiger partial charge in [-0.3, -0.25) is 4.79 Å². The molecule has 0 bridgehead atoms. The fourth-order valence-electron chi connectivity index (χ4n) is 2.63. The van der Waals surface area contributed by atoms with E-state index in [1.54, 1.807) is 54.6 Å². The van der Waals surface area contributed by atoms with E-state index in [0.717, 1.165) is 0 Å². The van der Waals surface area contributed by atoms with Crippen LogP contribution in [0.4, 0.5) is 20.6 Å². The van der Waals surface area contributed by atoms with Gasteiger partial charge in [0.1, 0.15) is 5.82 Å². The highest BCUT2D eigenvalue weighted by molar-refractivity contribution is 6.00. The second kappa shape index (κ2) is 9.32. The van der Waals surface area contributed by atoms with E-state index in [2.05, 4.69) is 16.0 Å². The van der Waals surface area contributed by atoms with Crippen LogP contribution < -0.4 is 16.0 Å². The summed E-state index contributed by atoms with van der Waals surface area (Å²) in [6, 6.07) is 21.8. The molecular formula is C22H20FN3O2. The Kier molecular flexibility index (Phi) is 6.36. The van der Waals surface area contributed by atoms with Crippen molar-refractivity contribution >= 4 is 23.3 Å². The summed E-state index contributed by atoms with van der Waals surface area (Å²) in [5, 5.41) is 8.18. The molecule has 3 N–H and O–H groups in total. The van der Waals surface area contributed by atoms with Crippen molar-refractivity contribution in [1.29, 1.82) is 0 Å². The SMILES string of the molecule is O=C(Nc1ccccc1)Nc1ccc(C(=O)NCCc2ccccc2F)cc1. The number of hydrogen-bond donors (Lipinski definition) is 3. The van der Waals surface area contributed by atoms with Gasteiger partial charge in [0.2, 0.25) is 0 Å². The highest BCUT2D eigenvalue weighted by Crippen LogP contribution is 2.12. The zero-order valence-electron chi connectivity index (χ0n) is 15.1. The maximum Gasteiger partial charge on any atom is 0.323 e. The van der Waals surface area contributed by atoms with Crippen molar-refractivity contribution in [2.45, 2.75) is 6.42 Å². The number of nitrogens with one attached hydrogen (secondary N) is 3. The molecule has 0 aliphatic rings. The molecule has 3 aromatic rings. The number of hydrogen-bond acceptors (Lipinski definition) is 2. The number of amides is 3. The molecule has 0 radical (unpaired) electrons. The molecule has 6 heteroatoms. The van der Waals surface area contributed by atoms with Crippen LogP contribution in [0.15, 0.2) is 78.9 Å². The Morgan fingerprint density at radius 3 is 2.04 bits per heavy atom. The average molecular weight is 377 g/mol. The molecule has 0 saturated heterocycles. The summed E-state index contributed by atoms with van der Waals surface area (Å²) >= 11 is 0. The minimum absolute atomic E-state index is 0.253. The molecule has 0 atom stereocenters. The van der Waals surface area contributed by atoms with Gasteiger partial charge in [0, 0.05) is 23.5 Å². The maximum atomic E-state index is 13.6. The molecule has 3 rings (SSSR count). The predicted octanol–water partition coefficient (Wildman–Crippen LogP) is 4.44. The average Bonchev–Trinajstić information content (AvgIpc) is 2.70. The van der Waals surface area contributed by atoms with Crippen LogP contribution in [-0.2, 0) is 6.42 Å². The number of carbonyl (C=O) groups excluding carboxylic acids is 2. The van der Waals surface area contributed by atoms with Gasteiger partial charge in [-0.05, 0) is 54.4 Å². The van der Waals surface area contributed by atoms with E-state index in [-0.39, 0.29) is 17.8 Å². The largest absolute Gasteiger partial charge is 0.352 e. The summed E-state index contributed by atoms with van der Waals surface area (Å²) in [6.07, 6.45) is 0.414. The normalized spacial score (nSPS) is 10.2. The summed E-state index contributed by atoms with van der Waals surface area (Å²) in [5.74, 6) is -0.530. The van der Waals surface area contributed by atoms with E-state index < -0.39 is 0 Å². The quantitative estimate of drug-likeness (QED) is 0.594. The van der Waals surface area contributed by atoms with Crippen LogP contribution >= 0.6 is 0 Å². The lowest BCUT2D eigenvalue weighted by Crippen LogP contribution is -2.26. The molecule has 3 amide bonds. The second-order valence-electron chi connectivity index (χ2n) is 6.12. The first-order valence-electron chi connectivity index (χ1n) is 8.86. The van der Waals surface area contributed by atoms with Gasteiger partial charge in [0.15, 0.2) is 0 Å². The summed E-state index contributed by atoms with van der Waals surface area (Å²) in [7, 11) is 0. The van der Waals surface area contributed by atoms with Crippen molar-refractivity contribution in [2.75, 3.05) is 17.2 Å². The highest BCUT2D eigenvalue weighted by Gasteiger charge is 2.07. The Morgan fingerprint density at radius 2 is 1.36 bits per heavy atom. The van der Waals surface area contributed by atoms with Crippen LogP contribution in [-0.4, -0.2) is 18.5 Å². The Morgan fingerprint density at radius 1 is 0.750 bits per heavy atom. The minimum Gasteiger partial charge on any atom is -0.352 e. The van der Waals surface area contributed by atoms with Gasteiger partial charge in [0.25, 0.3) is 5.91 Å². The van der Waals surface area contributed by atoms with Crippen LogP contribution in [0.3, 0.4) is 0 Å². The molecule has 0 unspecified atom stereocenters. The molecule has 0 spiro atoms. The van der Waals surface area contributed by atoms with E-state index in [4.69, 9.17) is 0 Å². The highest BCUT2D eigenvalue weighted by atomic mass is 19.1. The first-order valence-corrected chi connectivity index (χ1v) is 8.86. The number of anilines is 2. The number of halogens is 1. The Bertz CT molecular complexity index is 944. The third-order valence-electron chi connectivity index (χ3n) is 4.07. The standard InChI is InChI=1S/C22H20FN3O2/c23-20-9-5-4-6-16(20)14-15-24-21(27)17-10-12-19(13-11-17)26-22(28)25-18-7-2-1-3-8-18/h1-13H,14-15H2,(H,24,27)(H2,25,26,28). The van der Waals surface area contributed by atoms with Gasteiger partial charge in [-0.1, -0.05) is 36.4 Å². The fourth-order valence-corrected chi connectivity index (χ4v) is 2.63. The number of carbonyl (C=O) groups is 2. The van der Waals surface area contributed by atoms with E-state index in [1.165, 1.54) is 6.07 Å². The van der Waals surface area contributed by atoms with E-state index in [0.29, 0.717) is 35.5 Å². The molecule has 28 heavy (non-hydrogen) atoms. The smallest absolute Gasteiger partial charge is 0.323 e. The van der Waals surface area contributed by atoms with Crippen LogP contribution in [0.25, 0.3) is 0 Å². The Balaban J connectivity index is 1.48. The zero-order valence-corrected chi connectivity index (χ0v) is 15.1. The number of benzene rings is 3. The lowest BCUT2D eigenvalue weighted by atomic mass is 10.1. The van der Waals surface area contributed by atoms with E-state index in [9.17, 15) is 14.0 Å². The summed E-state index contributed by atoms with van der Waals surface area (Å²) in [5.41, 5.74) is 2.27. The van der Waals surface area contributed by atoms with Gasteiger partial charge in [-0.15, -0.1) is 0 Å². The summed E-state index contributed by atoms with van der Waals surface area (Å²) in [6.45, 7) is 0.333. The molecule has 5 nitrogen and oxygen atoms in total. The van der Waals surface area contributed by atoms with Crippen LogP contribution in [0.2, 0.25) is 0 Å². The Hall–Kier alpha value is -3.67. The minimum atomic E-state index is -0.367. The fraction of sp³-hybridized carbons (Fsp3) is 0.0909. The van der Waals surface area contributed by atoms with E-state index in [1.807, 2.05) is 18.2 Å². The molecule has 0 fully saturated rings. The summed E-state index contributed by atoms with van der Waals surface area (Å²) in [4.78, 5) is 24.2. The van der Waals surface area contributed by atoms with Crippen molar-refractivity contribution in [3.63, 3.8) is 0 Å². The van der Waals surface area contributed by atoms with Gasteiger partial charge in [0.05, 0.1) is 0 Å². The maximum absolute atomic E-state index is 13.6. The van der Waals surface area contributed by atoms with Crippen LogP contribution in [0.5, 0.6) is 0 Å². The molecule has 142 valence electrons. The van der Waals surface area contributed by atoms with Crippen molar-refractivity contribution in [2.24, 2.45) is 0 Å². The lowest BCUT2D eigenvalue weighted by Gasteiger charge is -2.09. The lowest BCUT2D eigenvalue weighted by molar-refractivity contribution is 0.0954. The molecule has 0 aliphatic heterocycles. The van der Waals surface area contributed by atoms with Crippen molar-refractivity contribution in [3.05, 3.63) is 95.8 Å². The van der Waals surface area contributed by atoms with Gasteiger partial charge in [-0.25, -0.2) is 9.18 Å².